The molecule has 2 aromatic rings. The molecule has 1 fully saturated rings. The number of amides is 2. The Morgan fingerprint density at radius 3 is 2.62 bits per heavy atom. The first-order valence-corrected chi connectivity index (χ1v) is 8.95. The molecule has 5 nitrogen and oxygen atoms in total. The third-order valence-corrected chi connectivity index (χ3v) is 5.01. The molecule has 0 unspecified atom stereocenters. The van der Waals surface area contributed by atoms with Crippen molar-refractivity contribution in [2.75, 3.05) is 13.1 Å². The van der Waals surface area contributed by atoms with E-state index in [9.17, 15) is 14.0 Å². The summed E-state index contributed by atoms with van der Waals surface area (Å²) in [6, 6.07) is 5.82. The quantitative estimate of drug-likeness (QED) is 0.794. The summed E-state index contributed by atoms with van der Waals surface area (Å²) in [6.45, 7) is 1.14. The predicted octanol–water partition coefficient (Wildman–Crippen LogP) is 3.89. The fourth-order valence-electron chi connectivity index (χ4n) is 2.93. The maximum absolute atomic E-state index is 13.6. The molecule has 0 radical (unpaired) electrons. The lowest BCUT2D eigenvalue weighted by Crippen LogP contribution is -2.43. The highest BCUT2D eigenvalue weighted by Crippen LogP contribution is 2.27. The van der Waals surface area contributed by atoms with Crippen LogP contribution < -0.4 is 5.32 Å². The van der Waals surface area contributed by atoms with Gasteiger partial charge in [0.25, 0.3) is 5.91 Å². The van der Waals surface area contributed by atoms with Gasteiger partial charge in [-0.25, -0.2) is 4.39 Å². The summed E-state index contributed by atoms with van der Waals surface area (Å²) in [5, 5.41) is 2.82. The van der Waals surface area contributed by atoms with E-state index in [1.165, 1.54) is 6.07 Å². The fraction of sp³-hybridized carbons (Fsp3) is 0.333. The van der Waals surface area contributed by atoms with E-state index < -0.39 is 5.82 Å². The number of likely N-dealkylation sites (tertiary alicyclic amines) is 1. The van der Waals surface area contributed by atoms with Crippen LogP contribution in [0.2, 0.25) is 10.0 Å². The third-order valence-electron chi connectivity index (χ3n) is 4.41. The predicted molar refractivity (Wildman–Crippen MR) is 95.6 cm³/mol. The van der Waals surface area contributed by atoms with E-state index in [1.54, 1.807) is 23.3 Å². The van der Waals surface area contributed by atoms with Crippen LogP contribution >= 0.6 is 23.2 Å². The van der Waals surface area contributed by atoms with Crippen LogP contribution in [0.25, 0.3) is 0 Å². The number of rotatable bonds is 4. The van der Waals surface area contributed by atoms with Gasteiger partial charge in [0, 0.05) is 19.0 Å². The van der Waals surface area contributed by atoms with Gasteiger partial charge in [-0.1, -0.05) is 23.2 Å². The van der Waals surface area contributed by atoms with Gasteiger partial charge in [0.05, 0.1) is 28.4 Å². The number of nitrogens with zero attached hydrogens (tertiary/aromatic N) is 1. The van der Waals surface area contributed by atoms with Crippen LogP contribution in [0, 0.1) is 11.7 Å². The van der Waals surface area contributed by atoms with E-state index in [0.29, 0.717) is 38.2 Å². The minimum Gasteiger partial charge on any atom is -0.467 e. The van der Waals surface area contributed by atoms with Crippen LogP contribution in [0.4, 0.5) is 4.39 Å². The van der Waals surface area contributed by atoms with E-state index in [2.05, 4.69) is 5.32 Å². The van der Waals surface area contributed by atoms with Gasteiger partial charge in [0.2, 0.25) is 5.91 Å². The van der Waals surface area contributed by atoms with Crippen molar-refractivity contribution in [2.24, 2.45) is 5.92 Å². The first-order valence-electron chi connectivity index (χ1n) is 8.19. The minimum absolute atomic E-state index is 0.0657. The van der Waals surface area contributed by atoms with Crippen LogP contribution in [0.1, 0.15) is 29.0 Å². The van der Waals surface area contributed by atoms with Crippen LogP contribution in [0.5, 0.6) is 0 Å². The van der Waals surface area contributed by atoms with Gasteiger partial charge in [-0.05, 0) is 37.1 Å². The maximum atomic E-state index is 13.6. The molecule has 0 atom stereocenters. The van der Waals surface area contributed by atoms with E-state index in [4.69, 9.17) is 27.6 Å². The molecule has 0 spiro atoms. The monoisotopic (exact) mass is 398 g/mol. The second kappa shape index (κ2) is 8.10. The number of carbonyl (C=O) groups excluding carboxylic acids is 2. The number of benzene rings is 1. The smallest absolute Gasteiger partial charge is 0.255 e. The van der Waals surface area contributed by atoms with Gasteiger partial charge >= 0.3 is 0 Å². The van der Waals surface area contributed by atoms with Gasteiger partial charge in [-0.2, -0.15) is 0 Å². The molecule has 1 aromatic carbocycles. The summed E-state index contributed by atoms with van der Waals surface area (Å²) >= 11 is 11.7. The summed E-state index contributed by atoms with van der Waals surface area (Å²) in [5.41, 5.74) is 0.0780. The molecule has 1 saturated heterocycles. The number of piperidine rings is 1. The molecule has 2 heterocycles. The molecule has 1 N–H and O–H groups in total. The van der Waals surface area contributed by atoms with Crippen molar-refractivity contribution >= 4 is 35.0 Å². The SMILES string of the molecule is O=C(NCc1ccco1)C1CCN(C(=O)c2cc(F)c(Cl)cc2Cl)CC1. The molecular weight excluding hydrogens is 382 g/mol. The maximum Gasteiger partial charge on any atom is 0.255 e. The molecule has 0 aliphatic carbocycles. The Morgan fingerprint density at radius 1 is 1.23 bits per heavy atom. The minimum atomic E-state index is -0.688. The van der Waals surface area contributed by atoms with Crippen molar-refractivity contribution in [3.05, 3.63) is 57.7 Å². The molecule has 138 valence electrons. The van der Waals surface area contributed by atoms with Crippen molar-refractivity contribution in [3.8, 4) is 0 Å². The lowest BCUT2D eigenvalue weighted by Gasteiger charge is -2.31. The van der Waals surface area contributed by atoms with Gasteiger partial charge in [0.15, 0.2) is 0 Å². The van der Waals surface area contributed by atoms with Crippen LogP contribution in [-0.2, 0) is 11.3 Å². The van der Waals surface area contributed by atoms with Gasteiger partial charge < -0.3 is 14.6 Å². The average molecular weight is 399 g/mol. The van der Waals surface area contributed by atoms with Crippen LogP contribution in [-0.4, -0.2) is 29.8 Å². The molecule has 8 heteroatoms. The van der Waals surface area contributed by atoms with Gasteiger partial charge in [0.1, 0.15) is 11.6 Å². The Morgan fingerprint density at radius 2 is 1.96 bits per heavy atom. The molecule has 1 aliphatic rings. The second-order valence-corrected chi connectivity index (χ2v) is 6.92. The van der Waals surface area contributed by atoms with E-state index in [-0.39, 0.29) is 33.3 Å². The van der Waals surface area contributed by atoms with Gasteiger partial charge in [-0.3, -0.25) is 9.59 Å². The lowest BCUT2D eigenvalue weighted by atomic mass is 9.95. The zero-order valence-corrected chi connectivity index (χ0v) is 15.3. The average Bonchev–Trinajstić information content (AvgIpc) is 3.16. The first kappa shape index (κ1) is 18.7. The highest BCUT2D eigenvalue weighted by atomic mass is 35.5. The normalized spacial score (nSPS) is 15.1. The standard InChI is InChI=1S/C18H17Cl2FN2O3/c19-14-9-15(20)16(21)8-13(14)18(25)23-5-3-11(4-6-23)17(24)22-10-12-2-1-7-26-12/h1-2,7-9,11H,3-6,10H2,(H,22,24). The molecule has 1 aliphatic heterocycles. The Balaban J connectivity index is 1.55. The summed E-state index contributed by atoms with van der Waals surface area (Å²) in [5.74, 6) is -0.604. The number of halogens is 3. The van der Waals surface area contributed by atoms with Crippen molar-refractivity contribution in [2.45, 2.75) is 19.4 Å². The molecule has 2 amide bonds. The number of carbonyl (C=O) groups is 2. The number of furan rings is 1. The first-order chi connectivity index (χ1) is 12.5. The molecule has 26 heavy (non-hydrogen) atoms. The van der Waals surface area contributed by atoms with E-state index in [1.807, 2.05) is 0 Å². The molecule has 0 bridgehead atoms. The van der Waals surface area contributed by atoms with Crippen LogP contribution in [0.15, 0.2) is 34.9 Å². The van der Waals surface area contributed by atoms with Crippen molar-refractivity contribution in [3.63, 3.8) is 0 Å². The number of hydrogen-bond acceptors (Lipinski definition) is 3. The number of nitrogens with one attached hydrogen (secondary N) is 1. The molecular formula is C18H17Cl2FN2O3. The Hall–Kier alpha value is -2.05. The molecule has 0 saturated carbocycles. The Labute approximate surface area is 160 Å². The van der Waals surface area contributed by atoms with E-state index in [0.717, 1.165) is 6.07 Å². The zero-order valence-electron chi connectivity index (χ0n) is 13.8. The van der Waals surface area contributed by atoms with Crippen molar-refractivity contribution in [1.29, 1.82) is 0 Å². The summed E-state index contributed by atoms with van der Waals surface area (Å²) in [4.78, 5) is 26.4. The summed E-state index contributed by atoms with van der Waals surface area (Å²) < 4.78 is 18.8. The van der Waals surface area contributed by atoms with Gasteiger partial charge in [-0.15, -0.1) is 0 Å². The third kappa shape index (κ3) is 4.19. The summed E-state index contributed by atoms with van der Waals surface area (Å²) in [6.07, 6.45) is 2.61. The number of hydrogen-bond donors (Lipinski definition) is 1. The Kier molecular flexibility index (Phi) is 5.84. The highest BCUT2D eigenvalue weighted by molar-refractivity contribution is 6.36. The van der Waals surface area contributed by atoms with Crippen molar-refractivity contribution in [1.82, 2.24) is 10.2 Å². The molecule has 1 aromatic heterocycles. The topological polar surface area (TPSA) is 62.6 Å². The van der Waals surface area contributed by atoms with E-state index >= 15 is 0 Å². The van der Waals surface area contributed by atoms with Crippen LogP contribution in [0.3, 0.4) is 0 Å². The summed E-state index contributed by atoms with van der Waals surface area (Å²) in [7, 11) is 0. The second-order valence-electron chi connectivity index (χ2n) is 6.11. The fourth-order valence-corrected chi connectivity index (χ4v) is 3.40. The highest BCUT2D eigenvalue weighted by Gasteiger charge is 2.29. The Bertz CT molecular complexity index is 803. The van der Waals surface area contributed by atoms with Crippen molar-refractivity contribution < 1.29 is 18.4 Å². The molecule has 3 rings (SSSR count). The zero-order chi connectivity index (χ0) is 18.7. The largest absolute Gasteiger partial charge is 0.467 e. The lowest BCUT2D eigenvalue weighted by molar-refractivity contribution is -0.126.